The summed E-state index contributed by atoms with van der Waals surface area (Å²) >= 11 is 0. The lowest BCUT2D eigenvalue weighted by Crippen LogP contribution is -2.37. The summed E-state index contributed by atoms with van der Waals surface area (Å²) in [4.78, 5) is 11.5. The summed E-state index contributed by atoms with van der Waals surface area (Å²) in [7, 11) is -1.01. The zero-order valence-electron chi connectivity index (χ0n) is 6.71. The molecule has 4 fully saturated rings. The summed E-state index contributed by atoms with van der Waals surface area (Å²) < 4.78 is 22.5. The molecule has 2 bridgehead atoms. The SMILES string of the molecule is O=C1CS(=O)[C@H]2[C@H]3O[C@H]([C@@H]4O[C@@H]43)[C@@H]12. The molecule has 4 nitrogen and oxygen atoms in total. The largest absolute Gasteiger partial charge is 0.367 e. The van der Waals surface area contributed by atoms with Crippen molar-refractivity contribution in [3.8, 4) is 0 Å². The van der Waals surface area contributed by atoms with Crippen LogP contribution in [0.2, 0.25) is 0 Å². The van der Waals surface area contributed by atoms with Crippen LogP contribution in [0.1, 0.15) is 0 Å². The van der Waals surface area contributed by atoms with Gasteiger partial charge in [0.25, 0.3) is 0 Å². The van der Waals surface area contributed by atoms with Crippen LogP contribution in [0.3, 0.4) is 0 Å². The first-order valence-electron chi connectivity index (χ1n) is 4.48. The van der Waals surface area contributed by atoms with Crippen LogP contribution < -0.4 is 0 Å². The van der Waals surface area contributed by atoms with E-state index in [9.17, 15) is 9.00 Å². The fourth-order valence-electron chi connectivity index (χ4n) is 2.96. The summed E-state index contributed by atoms with van der Waals surface area (Å²) in [6.45, 7) is 0. The molecule has 4 aliphatic rings. The molecule has 13 heavy (non-hydrogen) atoms. The molecule has 4 rings (SSSR count). The summed E-state index contributed by atoms with van der Waals surface area (Å²) in [6.07, 6.45) is 0.178. The molecule has 0 aromatic rings. The van der Waals surface area contributed by atoms with Gasteiger partial charge < -0.3 is 9.47 Å². The number of hydrogen-bond acceptors (Lipinski definition) is 4. The number of carbonyl (C=O) groups is 1. The van der Waals surface area contributed by atoms with Gasteiger partial charge >= 0.3 is 0 Å². The Morgan fingerprint density at radius 1 is 1.15 bits per heavy atom. The lowest BCUT2D eigenvalue weighted by molar-refractivity contribution is -0.121. The van der Waals surface area contributed by atoms with Gasteiger partial charge in [0.1, 0.15) is 18.3 Å². The highest BCUT2D eigenvalue weighted by Crippen LogP contribution is 2.54. The van der Waals surface area contributed by atoms with Crippen molar-refractivity contribution in [2.75, 3.05) is 5.75 Å². The maximum Gasteiger partial charge on any atom is 0.152 e. The lowest BCUT2D eigenvalue weighted by atomic mass is 9.86. The third-order valence-electron chi connectivity index (χ3n) is 3.51. The normalized spacial score (nSPS) is 66.8. The van der Waals surface area contributed by atoms with Crippen LogP contribution in [0, 0.1) is 5.92 Å². The molecule has 0 aromatic carbocycles. The number of ether oxygens (including phenoxy) is 2. The van der Waals surface area contributed by atoms with Gasteiger partial charge in [0, 0.05) is 10.8 Å². The minimum atomic E-state index is -1.01. The second-order valence-electron chi connectivity index (χ2n) is 4.11. The second kappa shape index (κ2) is 1.89. The molecular weight excluding hydrogens is 192 g/mol. The van der Waals surface area contributed by atoms with Crippen molar-refractivity contribution in [3.63, 3.8) is 0 Å². The van der Waals surface area contributed by atoms with E-state index in [0.717, 1.165) is 0 Å². The van der Waals surface area contributed by atoms with Crippen LogP contribution in [0.15, 0.2) is 0 Å². The molecule has 0 spiro atoms. The number of epoxide rings is 1. The van der Waals surface area contributed by atoms with E-state index in [1.54, 1.807) is 0 Å². The third-order valence-corrected chi connectivity index (χ3v) is 5.25. The van der Waals surface area contributed by atoms with Crippen molar-refractivity contribution >= 4 is 16.6 Å². The number of hydrogen-bond donors (Lipinski definition) is 0. The van der Waals surface area contributed by atoms with Gasteiger partial charge in [-0.3, -0.25) is 9.00 Å². The van der Waals surface area contributed by atoms with Crippen molar-refractivity contribution in [3.05, 3.63) is 0 Å². The zero-order valence-corrected chi connectivity index (χ0v) is 7.53. The molecule has 0 aliphatic carbocycles. The van der Waals surface area contributed by atoms with Gasteiger partial charge in [0.15, 0.2) is 5.78 Å². The number of carbonyl (C=O) groups excluding carboxylic acids is 1. The highest BCUT2D eigenvalue weighted by molar-refractivity contribution is 7.87. The van der Waals surface area contributed by atoms with Crippen molar-refractivity contribution < 1.29 is 18.5 Å². The Bertz CT molecular complexity index is 311. The molecule has 7 atom stereocenters. The minimum absolute atomic E-state index is 0.0488. The molecular formula is C8H8O4S. The Kier molecular flexibility index (Phi) is 1.03. The number of rotatable bonds is 0. The molecule has 0 amide bonds. The fourth-order valence-corrected chi connectivity index (χ4v) is 4.78. The Morgan fingerprint density at radius 2 is 1.85 bits per heavy atom. The van der Waals surface area contributed by atoms with Crippen LogP contribution in [0.5, 0.6) is 0 Å². The molecule has 0 aromatic heterocycles. The highest BCUT2D eigenvalue weighted by Gasteiger charge is 2.73. The maximum absolute atomic E-state index is 11.6. The molecule has 0 radical (unpaired) electrons. The fraction of sp³-hybridized carbons (Fsp3) is 0.875. The van der Waals surface area contributed by atoms with E-state index in [1.165, 1.54) is 0 Å². The molecule has 70 valence electrons. The van der Waals surface area contributed by atoms with Crippen LogP contribution >= 0.6 is 0 Å². The van der Waals surface area contributed by atoms with Gasteiger partial charge in [-0.05, 0) is 0 Å². The minimum Gasteiger partial charge on any atom is -0.367 e. The molecule has 1 unspecified atom stereocenters. The summed E-state index contributed by atoms with van der Waals surface area (Å²) in [5.74, 6) is 0.241. The molecule has 0 N–H and O–H groups in total. The van der Waals surface area contributed by atoms with Gasteiger partial charge in [0.2, 0.25) is 0 Å². The van der Waals surface area contributed by atoms with E-state index in [1.807, 2.05) is 0 Å². The van der Waals surface area contributed by atoms with E-state index in [2.05, 4.69) is 0 Å². The van der Waals surface area contributed by atoms with E-state index < -0.39 is 10.8 Å². The van der Waals surface area contributed by atoms with Crippen molar-refractivity contribution in [2.45, 2.75) is 29.7 Å². The van der Waals surface area contributed by atoms with Crippen LogP contribution in [0.25, 0.3) is 0 Å². The quantitative estimate of drug-likeness (QED) is 0.463. The first-order valence-corrected chi connectivity index (χ1v) is 5.86. The predicted molar refractivity (Wildman–Crippen MR) is 42.6 cm³/mol. The lowest BCUT2D eigenvalue weighted by Gasteiger charge is -2.14. The van der Waals surface area contributed by atoms with E-state index in [-0.39, 0.29) is 47.1 Å². The topological polar surface area (TPSA) is 55.9 Å². The van der Waals surface area contributed by atoms with Crippen molar-refractivity contribution in [2.24, 2.45) is 5.92 Å². The van der Waals surface area contributed by atoms with E-state index in [4.69, 9.17) is 9.47 Å². The summed E-state index contributed by atoms with van der Waals surface area (Å²) in [5, 5.41) is -0.0544. The standard InChI is InChI=1S/C8H8O4S/c9-2-1-13(10)8-3(2)4-5-6(12-5)7(8)11-4/h3-8H,1H2/t3-,4+,5+,6+,7+,8-,13?/m1/s1. The first kappa shape index (κ1) is 7.09. The van der Waals surface area contributed by atoms with Crippen LogP contribution in [-0.2, 0) is 25.1 Å². The summed E-state index contributed by atoms with van der Waals surface area (Å²) in [6, 6.07) is 0. The zero-order chi connectivity index (χ0) is 8.74. The monoisotopic (exact) mass is 200 g/mol. The second-order valence-corrected chi connectivity index (χ2v) is 5.71. The molecule has 4 heterocycles. The van der Waals surface area contributed by atoms with E-state index >= 15 is 0 Å². The van der Waals surface area contributed by atoms with E-state index in [0.29, 0.717) is 0 Å². The van der Waals surface area contributed by atoms with Gasteiger partial charge in [-0.2, -0.15) is 0 Å². The Morgan fingerprint density at radius 3 is 2.69 bits per heavy atom. The predicted octanol–water partition coefficient (Wildman–Crippen LogP) is -1.15. The Labute approximate surface area is 77.0 Å². The molecule has 4 saturated heterocycles. The Hall–Kier alpha value is -0.260. The number of fused-ring (bicyclic) bond motifs is 8. The van der Waals surface area contributed by atoms with Crippen LogP contribution in [0.4, 0.5) is 0 Å². The highest BCUT2D eigenvalue weighted by atomic mass is 32.2. The number of Topliss-reactive ketones (excluding diaryl/α,β-unsaturated/α-hetero) is 1. The van der Waals surface area contributed by atoms with Gasteiger partial charge in [-0.15, -0.1) is 0 Å². The maximum atomic E-state index is 11.6. The number of ketones is 1. The first-order chi connectivity index (χ1) is 6.27. The summed E-state index contributed by atoms with van der Waals surface area (Å²) in [5.41, 5.74) is 0. The smallest absolute Gasteiger partial charge is 0.152 e. The van der Waals surface area contributed by atoms with Crippen LogP contribution in [-0.4, -0.2) is 45.4 Å². The van der Waals surface area contributed by atoms with Gasteiger partial charge in [-0.25, -0.2) is 0 Å². The molecule has 5 heteroatoms. The van der Waals surface area contributed by atoms with Gasteiger partial charge in [0.05, 0.1) is 23.0 Å². The average Bonchev–Trinajstić information content (AvgIpc) is 2.58. The third kappa shape index (κ3) is 0.639. The molecule has 4 aliphatic heterocycles. The van der Waals surface area contributed by atoms with Crippen molar-refractivity contribution in [1.29, 1.82) is 0 Å². The van der Waals surface area contributed by atoms with Gasteiger partial charge in [-0.1, -0.05) is 0 Å². The Balaban J connectivity index is 1.84. The average molecular weight is 200 g/mol. The van der Waals surface area contributed by atoms with Crippen molar-refractivity contribution in [1.82, 2.24) is 0 Å². The molecule has 0 saturated carbocycles.